The number of hydrogen-bond donors (Lipinski definition) is 1. The highest BCUT2D eigenvalue weighted by molar-refractivity contribution is 5.85. The molecule has 0 bridgehead atoms. The molecule has 0 aliphatic heterocycles. The highest BCUT2D eigenvalue weighted by Crippen LogP contribution is 2.15. The molecule has 1 rings (SSSR count). The van der Waals surface area contributed by atoms with Crippen LogP contribution >= 0.6 is 12.4 Å². The summed E-state index contributed by atoms with van der Waals surface area (Å²) >= 11 is 0. The van der Waals surface area contributed by atoms with Crippen LogP contribution in [0.3, 0.4) is 0 Å². The second kappa shape index (κ2) is 7.03. The summed E-state index contributed by atoms with van der Waals surface area (Å²) in [6.45, 7) is -0.117. The quantitative estimate of drug-likeness (QED) is 0.813. The zero-order valence-corrected chi connectivity index (χ0v) is 9.50. The summed E-state index contributed by atoms with van der Waals surface area (Å²) in [6, 6.07) is 4.98. The molecule has 1 aromatic rings. The summed E-state index contributed by atoms with van der Waals surface area (Å²) < 4.78 is 22.5. The van der Waals surface area contributed by atoms with Gasteiger partial charge in [0.25, 0.3) is 0 Å². The van der Waals surface area contributed by atoms with Crippen LogP contribution in [0.15, 0.2) is 24.3 Å². The van der Waals surface area contributed by atoms with Crippen molar-refractivity contribution >= 4 is 18.4 Å². The fourth-order valence-corrected chi connectivity index (χ4v) is 0.961. The van der Waals surface area contributed by atoms with Gasteiger partial charge in [-0.15, -0.1) is 12.4 Å². The van der Waals surface area contributed by atoms with Gasteiger partial charge in [0.15, 0.2) is 11.6 Å². The Labute approximate surface area is 98.9 Å². The number of nitrogens with two attached hydrogens (primary N) is 1. The molecule has 0 heterocycles. The first-order valence-electron chi connectivity index (χ1n) is 4.36. The molecule has 2 N–H and O–H groups in total. The third kappa shape index (κ3) is 4.04. The van der Waals surface area contributed by atoms with Gasteiger partial charge < -0.3 is 15.2 Å². The zero-order chi connectivity index (χ0) is 11.3. The van der Waals surface area contributed by atoms with Crippen LogP contribution in [0, 0.1) is 5.82 Å². The minimum absolute atomic E-state index is 0. The maximum absolute atomic E-state index is 13.0. The lowest BCUT2D eigenvalue weighted by Crippen LogP contribution is -2.37. The molecule has 0 amide bonds. The Morgan fingerprint density at radius 3 is 2.69 bits per heavy atom. The molecule has 0 saturated heterocycles. The van der Waals surface area contributed by atoms with Gasteiger partial charge in [-0.05, 0) is 12.1 Å². The van der Waals surface area contributed by atoms with Crippen molar-refractivity contribution in [3.05, 3.63) is 30.1 Å². The Balaban J connectivity index is 0.00000225. The summed E-state index contributed by atoms with van der Waals surface area (Å²) in [7, 11) is 1.23. The van der Waals surface area contributed by atoms with E-state index in [0.717, 1.165) is 0 Å². The van der Waals surface area contributed by atoms with E-state index in [-0.39, 0.29) is 24.8 Å². The molecule has 4 nitrogen and oxygen atoms in total. The number of hydrogen-bond acceptors (Lipinski definition) is 4. The maximum atomic E-state index is 13.0. The SMILES string of the molecule is COC(=O)C(N)COc1ccccc1F.Cl. The van der Waals surface area contributed by atoms with Gasteiger partial charge in [0, 0.05) is 0 Å². The van der Waals surface area contributed by atoms with Crippen molar-refractivity contribution in [2.75, 3.05) is 13.7 Å². The van der Waals surface area contributed by atoms with E-state index < -0.39 is 17.8 Å². The van der Waals surface area contributed by atoms with Crippen LogP contribution in [0.5, 0.6) is 5.75 Å². The van der Waals surface area contributed by atoms with Gasteiger partial charge in [-0.2, -0.15) is 0 Å². The molecule has 0 saturated carbocycles. The number of carbonyl (C=O) groups is 1. The zero-order valence-electron chi connectivity index (χ0n) is 8.68. The van der Waals surface area contributed by atoms with Crippen molar-refractivity contribution in [3.8, 4) is 5.75 Å². The van der Waals surface area contributed by atoms with E-state index in [4.69, 9.17) is 10.5 Å². The molecule has 0 fully saturated rings. The third-order valence-electron chi connectivity index (χ3n) is 1.76. The topological polar surface area (TPSA) is 61.5 Å². The molecular formula is C10H13ClFNO3. The van der Waals surface area contributed by atoms with Crippen LogP contribution in [0.1, 0.15) is 0 Å². The van der Waals surface area contributed by atoms with Gasteiger partial charge in [-0.25, -0.2) is 4.39 Å². The first-order valence-corrected chi connectivity index (χ1v) is 4.36. The normalized spacial score (nSPS) is 11.2. The first kappa shape index (κ1) is 14.7. The van der Waals surface area contributed by atoms with Gasteiger partial charge in [0.2, 0.25) is 0 Å². The molecule has 0 spiro atoms. The Hall–Kier alpha value is -1.33. The minimum atomic E-state index is -0.908. The Morgan fingerprint density at radius 2 is 2.12 bits per heavy atom. The smallest absolute Gasteiger partial charge is 0.326 e. The molecule has 0 radical (unpaired) electrons. The van der Waals surface area contributed by atoms with Crippen LogP contribution in [-0.2, 0) is 9.53 Å². The van der Waals surface area contributed by atoms with E-state index in [9.17, 15) is 9.18 Å². The fourth-order valence-electron chi connectivity index (χ4n) is 0.961. The van der Waals surface area contributed by atoms with Crippen LogP contribution < -0.4 is 10.5 Å². The van der Waals surface area contributed by atoms with E-state index in [1.807, 2.05) is 0 Å². The summed E-state index contributed by atoms with van der Waals surface area (Å²) in [4.78, 5) is 10.9. The van der Waals surface area contributed by atoms with Crippen molar-refractivity contribution in [1.29, 1.82) is 0 Å². The fraction of sp³-hybridized carbons (Fsp3) is 0.300. The van der Waals surface area contributed by atoms with E-state index >= 15 is 0 Å². The van der Waals surface area contributed by atoms with E-state index in [0.29, 0.717) is 0 Å². The average Bonchev–Trinajstić information content (AvgIpc) is 2.26. The molecule has 16 heavy (non-hydrogen) atoms. The largest absolute Gasteiger partial charge is 0.488 e. The Kier molecular flexibility index (Phi) is 6.44. The van der Waals surface area contributed by atoms with Crippen LogP contribution in [0.4, 0.5) is 4.39 Å². The van der Waals surface area contributed by atoms with Crippen LogP contribution in [-0.4, -0.2) is 25.7 Å². The van der Waals surface area contributed by atoms with Gasteiger partial charge in [0.1, 0.15) is 12.6 Å². The molecule has 0 aliphatic rings. The van der Waals surface area contributed by atoms with Gasteiger partial charge in [-0.1, -0.05) is 12.1 Å². The number of ether oxygens (including phenoxy) is 2. The van der Waals surface area contributed by atoms with Gasteiger partial charge in [0.05, 0.1) is 7.11 Å². The lowest BCUT2D eigenvalue weighted by atomic mass is 10.3. The number of carbonyl (C=O) groups excluding carboxylic acids is 1. The molecule has 1 atom stereocenters. The number of rotatable bonds is 4. The lowest BCUT2D eigenvalue weighted by Gasteiger charge is -2.11. The lowest BCUT2D eigenvalue weighted by molar-refractivity contribution is -0.142. The van der Waals surface area contributed by atoms with Crippen LogP contribution in [0.2, 0.25) is 0 Å². The Morgan fingerprint density at radius 1 is 1.50 bits per heavy atom. The molecule has 1 aromatic carbocycles. The molecule has 1 unspecified atom stereocenters. The predicted octanol–water partition coefficient (Wildman–Crippen LogP) is 1.13. The van der Waals surface area contributed by atoms with Crippen molar-refractivity contribution in [3.63, 3.8) is 0 Å². The van der Waals surface area contributed by atoms with Crippen molar-refractivity contribution in [1.82, 2.24) is 0 Å². The first-order chi connectivity index (χ1) is 7.15. The maximum Gasteiger partial charge on any atom is 0.326 e. The minimum Gasteiger partial charge on any atom is -0.488 e. The molecule has 90 valence electrons. The number of benzene rings is 1. The van der Waals surface area contributed by atoms with Crippen molar-refractivity contribution in [2.45, 2.75) is 6.04 Å². The summed E-state index contributed by atoms with van der Waals surface area (Å²) in [5.41, 5.74) is 5.40. The van der Waals surface area contributed by atoms with Crippen molar-refractivity contribution in [2.24, 2.45) is 5.73 Å². The molecule has 0 aliphatic carbocycles. The number of methoxy groups -OCH3 is 1. The predicted molar refractivity (Wildman–Crippen MR) is 59.1 cm³/mol. The average molecular weight is 250 g/mol. The van der Waals surface area contributed by atoms with E-state index in [1.54, 1.807) is 12.1 Å². The second-order valence-corrected chi connectivity index (χ2v) is 2.87. The third-order valence-corrected chi connectivity index (χ3v) is 1.76. The summed E-state index contributed by atoms with van der Waals surface area (Å²) in [5.74, 6) is -1.02. The molecule has 6 heteroatoms. The monoisotopic (exact) mass is 249 g/mol. The standard InChI is InChI=1S/C10H12FNO3.ClH/c1-14-10(13)8(12)6-15-9-5-3-2-4-7(9)11;/h2-5,8H,6,12H2,1H3;1H. The molecular weight excluding hydrogens is 237 g/mol. The Bertz CT molecular complexity index is 349. The number of halogens is 2. The van der Waals surface area contributed by atoms with Crippen molar-refractivity contribution < 1.29 is 18.7 Å². The number of para-hydroxylation sites is 1. The highest BCUT2D eigenvalue weighted by Gasteiger charge is 2.14. The summed E-state index contributed by atoms with van der Waals surface area (Å²) in [6.07, 6.45) is 0. The van der Waals surface area contributed by atoms with E-state index in [1.165, 1.54) is 19.2 Å². The van der Waals surface area contributed by atoms with Gasteiger partial charge in [-0.3, -0.25) is 4.79 Å². The second-order valence-electron chi connectivity index (χ2n) is 2.87. The van der Waals surface area contributed by atoms with Gasteiger partial charge >= 0.3 is 5.97 Å². The number of esters is 1. The summed E-state index contributed by atoms with van der Waals surface area (Å²) in [5, 5.41) is 0. The highest BCUT2D eigenvalue weighted by atomic mass is 35.5. The molecule has 0 aromatic heterocycles. The van der Waals surface area contributed by atoms with Crippen LogP contribution in [0.25, 0.3) is 0 Å². The van der Waals surface area contributed by atoms with E-state index in [2.05, 4.69) is 4.74 Å².